The van der Waals surface area contributed by atoms with Crippen LogP contribution in [0.1, 0.15) is 12.8 Å². The van der Waals surface area contributed by atoms with Crippen LogP contribution in [0.3, 0.4) is 0 Å². The Balaban J connectivity index is 2.06. The summed E-state index contributed by atoms with van der Waals surface area (Å²) in [5, 5.41) is 13.7. The van der Waals surface area contributed by atoms with Gasteiger partial charge in [0, 0.05) is 30.5 Å². The number of pyridine rings is 1. The van der Waals surface area contributed by atoms with Crippen LogP contribution >= 0.6 is 0 Å². The molecule has 0 aliphatic heterocycles. The van der Waals surface area contributed by atoms with E-state index in [1.807, 2.05) is 0 Å². The number of nitrogens with zero attached hydrogens (tertiary/aromatic N) is 2. The average Bonchev–Trinajstić information content (AvgIpc) is 3.04. The number of nitrogens with one attached hydrogen (secondary N) is 1. The highest BCUT2D eigenvalue weighted by molar-refractivity contribution is 7.90. The number of nitro groups is 1. The van der Waals surface area contributed by atoms with Gasteiger partial charge in [-0.1, -0.05) is 0 Å². The van der Waals surface area contributed by atoms with Gasteiger partial charge in [0.2, 0.25) is 5.82 Å². The maximum absolute atomic E-state index is 11.3. The van der Waals surface area contributed by atoms with Crippen LogP contribution in [0.2, 0.25) is 0 Å². The summed E-state index contributed by atoms with van der Waals surface area (Å²) in [7, 11) is -3.04. The van der Waals surface area contributed by atoms with E-state index in [0.29, 0.717) is 6.54 Å². The molecule has 2 rings (SSSR count). The molecular formula is C11H15N3O4S. The first-order valence-electron chi connectivity index (χ1n) is 5.82. The lowest BCUT2D eigenvalue weighted by Gasteiger charge is -2.15. The van der Waals surface area contributed by atoms with Crippen LogP contribution in [0.15, 0.2) is 18.3 Å². The van der Waals surface area contributed by atoms with Gasteiger partial charge in [-0.25, -0.2) is 13.4 Å². The Morgan fingerprint density at radius 3 is 2.74 bits per heavy atom. The van der Waals surface area contributed by atoms with Gasteiger partial charge >= 0.3 is 5.69 Å². The van der Waals surface area contributed by atoms with Crippen molar-refractivity contribution < 1.29 is 13.3 Å². The second-order valence-electron chi connectivity index (χ2n) is 5.05. The van der Waals surface area contributed by atoms with Crippen molar-refractivity contribution in [1.82, 2.24) is 4.98 Å². The minimum Gasteiger partial charge on any atom is -0.364 e. The van der Waals surface area contributed by atoms with Gasteiger partial charge in [-0.2, -0.15) is 0 Å². The fourth-order valence-corrected chi connectivity index (χ4v) is 3.56. The Morgan fingerprint density at radius 1 is 1.53 bits per heavy atom. The predicted molar refractivity (Wildman–Crippen MR) is 70.8 cm³/mol. The topological polar surface area (TPSA) is 102 Å². The molecule has 0 amide bonds. The Hall–Kier alpha value is -1.70. The zero-order valence-electron chi connectivity index (χ0n) is 10.5. The highest BCUT2D eigenvalue weighted by Gasteiger charge is 2.45. The lowest BCUT2D eigenvalue weighted by molar-refractivity contribution is -0.384. The quantitative estimate of drug-likeness (QED) is 0.623. The van der Waals surface area contributed by atoms with E-state index < -0.39 is 14.8 Å². The summed E-state index contributed by atoms with van der Waals surface area (Å²) in [4.78, 5) is 14.2. The first-order valence-corrected chi connectivity index (χ1v) is 7.88. The van der Waals surface area contributed by atoms with Crippen molar-refractivity contribution in [3.63, 3.8) is 0 Å². The number of anilines is 1. The number of hydrogen-bond acceptors (Lipinski definition) is 6. The highest BCUT2D eigenvalue weighted by Crippen LogP contribution is 2.46. The zero-order chi connectivity index (χ0) is 14.1. The zero-order valence-corrected chi connectivity index (χ0v) is 11.3. The standard InChI is InChI=1S/C11H15N3O4S/c1-19(17,18)8-11(4-5-11)7-13-10-9(14(15)16)3-2-6-12-10/h2-3,6H,4-5,7-8H2,1H3,(H,12,13). The molecule has 19 heavy (non-hydrogen) atoms. The predicted octanol–water partition coefficient (Wildman–Crippen LogP) is 1.23. The number of aromatic nitrogens is 1. The first-order chi connectivity index (χ1) is 8.81. The van der Waals surface area contributed by atoms with Crippen LogP contribution in [0.25, 0.3) is 0 Å². The van der Waals surface area contributed by atoms with Gasteiger partial charge in [-0.05, 0) is 18.9 Å². The van der Waals surface area contributed by atoms with Crippen molar-refractivity contribution >= 4 is 21.3 Å². The summed E-state index contributed by atoms with van der Waals surface area (Å²) in [6, 6.07) is 2.86. The average molecular weight is 285 g/mol. The summed E-state index contributed by atoms with van der Waals surface area (Å²) in [5.74, 6) is 0.292. The number of sulfone groups is 1. The fraction of sp³-hybridized carbons (Fsp3) is 0.545. The summed E-state index contributed by atoms with van der Waals surface area (Å²) in [6.45, 7) is 0.387. The molecule has 1 aromatic heterocycles. The summed E-state index contributed by atoms with van der Waals surface area (Å²) >= 11 is 0. The van der Waals surface area contributed by atoms with Crippen LogP contribution < -0.4 is 5.32 Å². The molecule has 0 bridgehead atoms. The molecule has 0 atom stereocenters. The Labute approximate surface area is 111 Å². The molecule has 1 aromatic rings. The molecule has 1 fully saturated rings. The van der Waals surface area contributed by atoms with Crippen LogP contribution in [0, 0.1) is 15.5 Å². The number of hydrogen-bond donors (Lipinski definition) is 1. The molecule has 0 unspecified atom stereocenters. The smallest absolute Gasteiger partial charge is 0.311 e. The largest absolute Gasteiger partial charge is 0.364 e. The van der Waals surface area contributed by atoms with Gasteiger partial charge in [0.05, 0.1) is 10.7 Å². The van der Waals surface area contributed by atoms with Gasteiger partial charge in [0.15, 0.2) is 0 Å². The van der Waals surface area contributed by atoms with Crippen molar-refractivity contribution in [2.45, 2.75) is 12.8 Å². The van der Waals surface area contributed by atoms with E-state index in [-0.39, 0.29) is 22.7 Å². The normalized spacial score (nSPS) is 16.9. The molecule has 0 saturated heterocycles. The second kappa shape index (κ2) is 4.76. The van der Waals surface area contributed by atoms with E-state index in [1.54, 1.807) is 0 Å². The van der Waals surface area contributed by atoms with E-state index >= 15 is 0 Å². The summed E-state index contributed by atoms with van der Waals surface area (Å²) < 4.78 is 22.6. The Morgan fingerprint density at radius 2 is 2.21 bits per heavy atom. The third-order valence-electron chi connectivity index (χ3n) is 3.14. The maximum Gasteiger partial charge on any atom is 0.311 e. The van der Waals surface area contributed by atoms with Crippen molar-refractivity contribution in [3.05, 3.63) is 28.4 Å². The van der Waals surface area contributed by atoms with Crippen molar-refractivity contribution in [2.24, 2.45) is 5.41 Å². The lowest BCUT2D eigenvalue weighted by Crippen LogP contribution is -2.24. The van der Waals surface area contributed by atoms with Crippen LogP contribution in [0.4, 0.5) is 11.5 Å². The van der Waals surface area contributed by atoms with Crippen LogP contribution in [0.5, 0.6) is 0 Å². The van der Waals surface area contributed by atoms with Crippen LogP contribution in [-0.2, 0) is 9.84 Å². The molecule has 1 N–H and O–H groups in total. The van der Waals surface area contributed by atoms with Crippen molar-refractivity contribution in [2.75, 3.05) is 23.9 Å². The summed E-state index contributed by atoms with van der Waals surface area (Å²) in [5.41, 5.74) is -0.392. The molecule has 1 heterocycles. The molecule has 0 aromatic carbocycles. The SMILES string of the molecule is CS(=O)(=O)CC1(CNc2ncccc2[N+](=O)[O-])CC1. The molecule has 0 radical (unpaired) electrons. The minimum atomic E-state index is -3.04. The fourth-order valence-electron chi connectivity index (χ4n) is 2.06. The van der Waals surface area contributed by atoms with Crippen LogP contribution in [-0.4, -0.2) is 36.9 Å². The third-order valence-corrected chi connectivity index (χ3v) is 4.28. The monoisotopic (exact) mass is 285 g/mol. The highest BCUT2D eigenvalue weighted by atomic mass is 32.2. The molecular weight excluding hydrogens is 270 g/mol. The van der Waals surface area contributed by atoms with Crippen molar-refractivity contribution in [3.8, 4) is 0 Å². The summed E-state index contributed by atoms with van der Waals surface area (Å²) in [6.07, 6.45) is 4.29. The molecule has 0 spiro atoms. The number of rotatable bonds is 6. The second-order valence-corrected chi connectivity index (χ2v) is 7.19. The van der Waals surface area contributed by atoms with E-state index in [2.05, 4.69) is 10.3 Å². The first kappa shape index (κ1) is 13.7. The van der Waals surface area contributed by atoms with Gasteiger partial charge in [-0.15, -0.1) is 0 Å². The molecule has 1 aliphatic rings. The molecule has 8 heteroatoms. The molecule has 7 nitrogen and oxygen atoms in total. The van der Waals surface area contributed by atoms with Gasteiger partial charge in [0.1, 0.15) is 9.84 Å². The van der Waals surface area contributed by atoms with E-state index in [4.69, 9.17) is 0 Å². The van der Waals surface area contributed by atoms with E-state index in [0.717, 1.165) is 12.8 Å². The van der Waals surface area contributed by atoms with E-state index in [9.17, 15) is 18.5 Å². The minimum absolute atomic E-state index is 0.0994. The third kappa shape index (κ3) is 3.63. The Bertz CT molecular complexity index is 596. The Kier molecular flexibility index (Phi) is 3.44. The van der Waals surface area contributed by atoms with Crippen molar-refractivity contribution in [1.29, 1.82) is 0 Å². The van der Waals surface area contributed by atoms with Gasteiger partial charge in [-0.3, -0.25) is 10.1 Å². The molecule has 104 valence electrons. The van der Waals surface area contributed by atoms with E-state index in [1.165, 1.54) is 24.6 Å². The lowest BCUT2D eigenvalue weighted by atomic mass is 10.1. The van der Waals surface area contributed by atoms with Gasteiger partial charge in [0.25, 0.3) is 0 Å². The maximum atomic E-state index is 11.3. The molecule has 1 saturated carbocycles. The molecule has 1 aliphatic carbocycles. The van der Waals surface area contributed by atoms with Gasteiger partial charge < -0.3 is 5.32 Å².